The van der Waals surface area contributed by atoms with Crippen LogP contribution in [-0.4, -0.2) is 95.2 Å². The number of hydrogen-bond donors (Lipinski definition) is 2. The van der Waals surface area contributed by atoms with Crippen molar-refractivity contribution in [3.63, 3.8) is 0 Å². The van der Waals surface area contributed by atoms with Crippen LogP contribution in [0, 0.1) is 0 Å². The number of aromatic nitrogens is 3. The van der Waals surface area contributed by atoms with Crippen LogP contribution in [0.15, 0.2) is 54.7 Å². The number of rotatable bonds is 14. The molecule has 0 unspecified atom stereocenters. The number of ether oxygens (including phenoxy) is 7. The van der Waals surface area contributed by atoms with Gasteiger partial charge in [0.1, 0.15) is 18.1 Å². The van der Waals surface area contributed by atoms with Crippen LogP contribution < -0.4 is 15.8 Å². The molecule has 4 rings (SSSR count). The fraction of sp³-hybridized carbons (Fsp3) is 0.394. The minimum absolute atomic E-state index is 0.0846. The molecule has 1 saturated heterocycles. The molecule has 1 fully saturated rings. The number of aryl methyl sites for hydroxylation is 1. The second-order valence-corrected chi connectivity index (χ2v) is 11.1. The molecule has 51 heavy (non-hydrogen) atoms. The first-order valence-corrected chi connectivity index (χ1v) is 15.6. The number of esters is 4. The van der Waals surface area contributed by atoms with Gasteiger partial charge in [-0.15, -0.1) is 5.10 Å². The second-order valence-electron chi connectivity index (χ2n) is 11.1. The van der Waals surface area contributed by atoms with E-state index in [1.807, 2.05) is 30.3 Å². The predicted molar refractivity (Wildman–Crippen MR) is 171 cm³/mol. The highest BCUT2D eigenvalue weighted by molar-refractivity contribution is 5.97. The van der Waals surface area contributed by atoms with Gasteiger partial charge >= 0.3 is 30.0 Å². The Morgan fingerprint density at radius 1 is 0.902 bits per heavy atom. The molecule has 0 saturated carbocycles. The number of nitrogens with zero attached hydrogens (tertiary/aromatic N) is 3. The van der Waals surface area contributed by atoms with Crippen LogP contribution in [0.1, 0.15) is 43.1 Å². The van der Waals surface area contributed by atoms with Crippen LogP contribution in [0.5, 0.6) is 5.75 Å². The number of carbonyl (C=O) groups excluding carboxylic acids is 6. The third kappa shape index (κ3) is 10.5. The lowest BCUT2D eigenvalue weighted by molar-refractivity contribution is -0.282. The van der Waals surface area contributed by atoms with Crippen molar-refractivity contribution in [2.24, 2.45) is 5.73 Å². The van der Waals surface area contributed by atoms with E-state index in [-0.39, 0.29) is 24.5 Å². The average molecular weight is 712 g/mol. The molecule has 272 valence electrons. The van der Waals surface area contributed by atoms with Gasteiger partial charge in [0.05, 0.1) is 18.9 Å². The van der Waals surface area contributed by atoms with Crippen molar-refractivity contribution in [1.29, 1.82) is 0 Å². The lowest BCUT2D eigenvalue weighted by Gasteiger charge is -2.43. The van der Waals surface area contributed by atoms with E-state index in [1.54, 1.807) is 10.9 Å². The molecule has 3 aromatic rings. The van der Waals surface area contributed by atoms with Crippen molar-refractivity contribution in [3.8, 4) is 17.0 Å². The molecule has 0 aliphatic carbocycles. The van der Waals surface area contributed by atoms with Gasteiger partial charge in [0.25, 0.3) is 5.91 Å². The van der Waals surface area contributed by atoms with E-state index in [0.29, 0.717) is 24.2 Å². The largest absolute Gasteiger partial charge is 0.467 e. The van der Waals surface area contributed by atoms with Gasteiger partial charge in [-0.25, -0.2) is 9.59 Å². The summed E-state index contributed by atoms with van der Waals surface area (Å²) in [5.74, 6) is -4.42. The maximum absolute atomic E-state index is 13.6. The first-order chi connectivity index (χ1) is 24.4. The van der Waals surface area contributed by atoms with Crippen LogP contribution in [0.2, 0.25) is 0 Å². The SMILES string of the molecule is COC(=O)[C@H]1O[C@@H](Oc2ccc(COC(N)=O)cc2C(=O)NCCCn2cc(-c3ccccc3)nn2)[C@H](OC(C)=O)[C@@H](OC(C)=O)[C@@H]1OC(C)=O. The number of amides is 2. The summed E-state index contributed by atoms with van der Waals surface area (Å²) in [6, 6.07) is 13.7. The van der Waals surface area contributed by atoms with Crippen molar-refractivity contribution in [3.05, 3.63) is 65.9 Å². The summed E-state index contributed by atoms with van der Waals surface area (Å²) in [5, 5.41) is 11.1. The molecule has 2 aromatic carbocycles. The monoisotopic (exact) mass is 711 g/mol. The Hall–Kier alpha value is -6.04. The average Bonchev–Trinajstić information content (AvgIpc) is 3.57. The number of hydrogen-bond acceptors (Lipinski definition) is 15. The Bertz CT molecular complexity index is 1730. The number of carbonyl (C=O) groups is 6. The smallest absolute Gasteiger partial charge is 0.404 e. The van der Waals surface area contributed by atoms with Crippen molar-refractivity contribution in [2.75, 3.05) is 13.7 Å². The van der Waals surface area contributed by atoms with Gasteiger partial charge in [-0.3, -0.25) is 23.9 Å². The van der Waals surface area contributed by atoms with Gasteiger partial charge in [0.2, 0.25) is 12.4 Å². The van der Waals surface area contributed by atoms with Crippen molar-refractivity contribution >= 4 is 35.9 Å². The molecule has 1 aliphatic rings. The summed E-state index contributed by atoms with van der Waals surface area (Å²) in [7, 11) is 1.05. The molecule has 3 N–H and O–H groups in total. The first-order valence-electron chi connectivity index (χ1n) is 15.6. The highest BCUT2D eigenvalue weighted by atomic mass is 16.7. The predicted octanol–water partition coefficient (Wildman–Crippen LogP) is 1.43. The van der Waals surface area contributed by atoms with E-state index in [0.717, 1.165) is 33.4 Å². The number of primary amides is 1. The molecule has 1 aliphatic heterocycles. The van der Waals surface area contributed by atoms with E-state index in [4.69, 9.17) is 38.9 Å². The Balaban J connectivity index is 1.59. The van der Waals surface area contributed by atoms with Crippen molar-refractivity contribution in [1.82, 2.24) is 20.3 Å². The maximum atomic E-state index is 13.6. The molecule has 1 aromatic heterocycles. The molecular formula is C33H37N5O13. The Labute approximate surface area is 291 Å². The third-order valence-corrected chi connectivity index (χ3v) is 7.21. The van der Waals surface area contributed by atoms with Gasteiger partial charge in [-0.05, 0) is 24.1 Å². The molecule has 0 spiro atoms. The molecular weight excluding hydrogens is 674 g/mol. The quantitative estimate of drug-likeness (QED) is 0.137. The van der Waals surface area contributed by atoms with E-state index >= 15 is 0 Å². The molecule has 2 heterocycles. The van der Waals surface area contributed by atoms with Crippen molar-refractivity contribution in [2.45, 2.75) is 71.0 Å². The normalized spacial score (nSPS) is 19.6. The highest BCUT2D eigenvalue weighted by Crippen LogP contribution is 2.33. The van der Waals surface area contributed by atoms with Gasteiger partial charge in [0.15, 0.2) is 18.3 Å². The molecule has 18 nitrogen and oxygen atoms in total. The molecule has 18 heteroatoms. The minimum Gasteiger partial charge on any atom is -0.467 e. The zero-order valence-electron chi connectivity index (χ0n) is 28.1. The molecule has 5 atom stereocenters. The standard InChI is InChI=1S/C33H37N5O13/c1-18(39)47-26-27(48-19(2)40)29(49-20(3)41)32(51-28(26)31(43)45-4)50-25-12-11-21(17-46-33(34)44)15-23(25)30(42)35-13-8-14-38-16-24(36-37-38)22-9-6-5-7-10-22/h5-7,9-12,15-16,26-29,32H,8,13-14,17H2,1-4H3,(H2,34,44)(H,35,42)/t26-,27-,28-,29+,32+/m0/s1. The van der Waals surface area contributed by atoms with Gasteiger partial charge in [0, 0.05) is 39.4 Å². The highest BCUT2D eigenvalue weighted by Gasteiger charge is 2.56. The number of nitrogens with one attached hydrogen (secondary N) is 1. The molecule has 0 radical (unpaired) electrons. The maximum Gasteiger partial charge on any atom is 0.404 e. The van der Waals surface area contributed by atoms with E-state index < -0.39 is 66.6 Å². The van der Waals surface area contributed by atoms with E-state index in [2.05, 4.69) is 15.6 Å². The zero-order valence-corrected chi connectivity index (χ0v) is 28.1. The van der Waals surface area contributed by atoms with E-state index in [9.17, 15) is 28.8 Å². The van der Waals surface area contributed by atoms with Crippen LogP contribution in [-0.2, 0) is 60.8 Å². The lowest BCUT2D eigenvalue weighted by atomic mass is 9.97. The fourth-order valence-corrected chi connectivity index (χ4v) is 5.09. The van der Waals surface area contributed by atoms with Gasteiger partial charge in [-0.1, -0.05) is 41.6 Å². The fourth-order valence-electron chi connectivity index (χ4n) is 5.09. The summed E-state index contributed by atoms with van der Waals surface area (Å²) < 4.78 is 39.3. The summed E-state index contributed by atoms with van der Waals surface area (Å²) in [5.41, 5.74) is 6.97. The van der Waals surface area contributed by atoms with Crippen molar-refractivity contribution < 1.29 is 61.9 Å². The zero-order chi connectivity index (χ0) is 37.1. The third-order valence-electron chi connectivity index (χ3n) is 7.21. The van der Waals surface area contributed by atoms with Crippen LogP contribution in [0.25, 0.3) is 11.3 Å². The Kier molecular flexibility index (Phi) is 13.0. The molecule has 2 amide bonds. The number of methoxy groups -OCH3 is 1. The van der Waals surface area contributed by atoms with E-state index in [1.165, 1.54) is 18.2 Å². The summed E-state index contributed by atoms with van der Waals surface area (Å²) in [6.45, 7) is 3.47. The first kappa shape index (κ1) is 37.8. The van der Waals surface area contributed by atoms with Gasteiger partial charge in [-0.2, -0.15) is 0 Å². The van der Waals surface area contributed by atoms with Gasteiger partial charge < -0.3 is 44.2 Å². The second kappa shape index (κ2) is 17.6. The topological polar surface area (TPSA) is 236 Å². The van der Waals surface area contributed by atoms with Crippen LogP contribution >= 0.6 is 0 Å². The Morgan fingerprint density at radius 2 is 1.57 bits per heavy atom. The Morgan fingerprint density at radius 3 is 2.22 bits per heavy atom. The van der Waals surface area contributed by atoms with Crippen LogP contribution in [0.3, 0.4) is 0 Å². The lowest BCUT2D eigenvalue weighted by Crippen LogP contribution is -2.64. The van der Waals surface area contributed by atoms with Crippen LogP contribution in [0.4, 0.5) is 4.79 Å². The summed E-state index contributed by atoms with van der Waals surface area (Å²) in [4.78, 5) is 74.0. The summed E-state index contributed by atoms with van der Waals surface area (Å²) >= 11 is 0. The molecule has 0 bridgehead atoms. The number of benzene rings is 2. The summed E-state index contributed by atoms with van der Waals surface area (Å²) in [6.07, 6.45) is -7.10. The minimum atomic E-state index is -1.72. The number of nitrogens with two attached hydrogens (primary N) is 1.